The van der Waals surface area contributed by atoms with Crippen molar-refractivity contribution in [3.05, 3.63) is 42.1 Å². The molecule has 0 radical (unpaired) electrons. The van der Waals surface area contributed by atoms with Gasteiger partial charge in [0.25, 0.3) is 5.91 Å². The van der Waals surface area contributed by atoms with Gasteiger partial charge in [0, 0.05) is 33.7 Å². The quantitative estimate of drug-likeness (QED) is 0.258. The number of nitrogens with zero attached hydrogens (tertiary/aromatic N) is 3. The Bertz CT molecular complexity index is 1370. The molecule has 0 spiro atoms. The van der Waals surface area contributed by atoms with Crippen molar-refractivity contribution in [1.29, 1.82) is 0 Å². The number of hydrogen-bond donors (Lipinski definition) is 2. The molecule has 0 atom stereocenters. The van der Waals surface area contributed by atoms with Gasteiger partial charge in [-0.25, -0.2) is 9.48 Å². The lowest BCUT2D eigenvalue weighted by Crippen LogP contribution is -2.53. The van der Waals surface area contributed by atoms with E-state index in [2.05, 4.69) is 24.7 Å². The molecule has 4 rings (SSSR count). The number of carbonyl (C=O) groups excluding carboxylic acids is 2. The molecular weight excluding hydrogens is 528 g/mol. The third-order valence-corrected chi connectivity index (χ3v) is 8.25. The minimum Gasteiger partial charge on any atom is -0.508 e. The number of phenols is 1. The number of nitrogens with two attached hydrogens (primary N) is 1. The first kappa shape index (κ1) is 29.4. The Morgan fingerprint density at radius 1 is 1.10 bits per heavy atom. The van der Waals surface area contributed by atoms with Crippen LogP contribution in [0.3, 0.4) is 0 Å². The monoisotopic (exact) mass is 568 g/mol. The number of amides is 2. The smallest absolute Gasteiger partial charge is 0.410 e. The number of carbonyl (C=O) groups is 2. The molecule has 10 nitrogen and oxygen atoms in total. The number of phenolic OH excluding ortho intramolecular Hbond substituents is 1. The first-order chi connectivity index (χ1) is 18.7. The zero-order valence-corrected chi connectivity index (χ0v) is 25.2. The summed E-state index contributed by atoms with van der Waals surface area (Å²) in [7, 11) is -1.27. The summed E-state index contributed by atoms with van der Waals surface area (Å²) in [4.78, 5) is 26.4. The highest BCUT2D eigenvalue weighted by molar-refractivity contribution is 6.76. The van der Waals surface area contributed by atoms with Gasteiger partial charge in [-0.3, -0.25) is 4.79 Å². The van der Waals surface area contributed by atoms with E-state index >= 15 is 0 Å². The second kappa shape index (κ2) is 11.5. The average molecular weight is 569 g/mol. The molecule has 0 saturated carbocycles. The van der Waals surface area contributed by atoms with Crippen molar-refractivity contribution < 1.29 is 28.9 Å². The van der Waals surface area contributed by atoms with Crippen molar-refractivity contribution in [3.8, 4) is 22.6 Å². The standard InChI is InChI=1S/C29H40N4O6Si/c1-29(2,3)39-28(36)32-15-19(16-32)17-38-24-14-21(20-7-9-22(34)10-8-20)13-23-25(24)26(27(30)35)31-33(23)18-37-11-12-40(4,5)6/h7-10,13-14,19,34H,11-12,15-18H2,1-6H3,(H2,30,35). The van der Waals surface area contributed by atoms with Crippen LogP contribution < -0.4 is 10.5 Å². The molecular formula is C29H40N4O6Si. The van der Waals surface area contributed by atoms with Gasteiger partial charge in [-0.15, -0.1) is 0 Å². The number of hydrogen-bond acceptors (Lipinski definition) is 7. The molecule has 0 aliphatic carbocycles. The highest BCUT2D eigenvalue weighted by atomic mass is 28.3. The van der Waals surface area contributed by atoms with Crippen LogP contribution in [0.5, 0.6) is 11.5 Å². The lowest BCUT2D eigenvalue weighted by atomic mass is 10.0. The molecule has 1 aliphatic heterocycles. The molecule has 216 valence electrons. The summed E-state index contributed by atoms with van der Waals surface area (Å²) >= 11 is 0. The number of aromatic nitrogens is 2. The molecule has 1 saturated heterocycles. The molecule has 1 aromatic heterocycles. The highest BCUT2D eigenvalue weighted by Gasteiger charge is 2.34. The summed E-state index contributed by atoms with van der Waals surface area (Å²) in [5.74, 6) is 0.0841. The fourth-order valence-electron chi connectivity index (χ4n) is 4.36. The summed E-state index contributed by atoms with van der Waals surface area (Å²) < 4.78 is 19.3. The average Bonchev–Trinajstić information content (AvgIpc) is 3.18. The molecule has 0 unspecified atom stereocenters. The predicted octanol–water partition coefficient (Wildman–Crippen LogP) is 5.07. The van der Waals surface area contributed by atoms with Gasteiger partial charge < -0.3 is 30.0 Å². The van der Waals surface area contributed by atoms with Gasteiger partial charge in [-0.2, -0.15) is 5.10 Å². The first-order valence-corrected chi connectivity index (χ1v) is 17.2. The van der Waals surface area contributed by atoms with Crippen molar-refractivity contribution in [2.45, 2.75) is 58.8 Å². The van der Waals surface area contributed by atoms with Gasteiger partial charge in [0.1, 0.15) is 23.8 Å². The van der Waals surface area contributed by atoms with Crippen molar-refractivity contribution in [2.75, 3.05) is 26.3 Å². The molecule has 3 aromatic rings. The summed E-state index contributed by atoms with van der Waals surface area (Å²) in [5, 5.41) is 14.8. The van der Waals surface area contributed by atoms with E-state index in [4.69, 9.17) is 19.9 Å². The Labute approximate surface area is 236 Å². The van der Waals surface area contributed by atoms with Gasteiger partial charge in [0.15, 0.2) is 5.69 Å². The molecule has 3 N–H and O–H groups in total. The molecule has 2 amide bonds. The second-order valence-electron chi connectivity index (χ2n) is 12.5. The molecule has 1 aliphatic rings. The Kier molecular flexibility index (Phi) is 8.45. The van der Waals surface area contributed by atoms with E-state index in [1.807, 2.05) is 45.0 Å². The van der Waals surface area contributed by atoms with Crippen LogP contribution in [0.25, 0.3) is 22.0 Å². The van der Waals surface area contributed by atoms with Crippen LogP contribution >= 0.6 is 0 Å². The van der Waals surface area contributed by atoms with E-state index in [9.17, 15) is 14.7 Å². The third-order valence-electron chi connectivity index (χ3n) is 6.54. The third kappa shape index (κ3) is 7.33. The summed E-state index contributed by atoms with van der Waals surface area (Å²) in [6, 6.07) is 11.6. The summed E-state index contributed by atoms with van der Waals surface area (Å²) in [5.41, 5.74) is 7.64. The lowest BCUT2D eigenvalue weighted by molar-refractivity contribution is -0.00773. The number of primary amides is 1. The number of fused-ring (bicyclic) bond motifs is 1. The van der Waals surface area contributed by atoms with Gasteiger partial charge in [-0.05, 0) is 62.2 Å². The summed E-state index contributed by atoms with van der Waals surface area (Å²) in [6.07, 6.45) is -0.341. The van der Waals surface area contributed by atoms with E-state index in [-0.39, 0.29) is 30.2 Å². The zero-order valence-electron chi connectivity index (χ0n) is 24.2. The van der Waals surface area contributed by atoms with Crippen LogP contribution in [-0.4, -0.2) is 71.8 Å². The van der Waals surface area contributed by atoms with Crippen LogP contribution in [0.15, 0.2) is 36.4 Å². The SMILES string of the molecule is CC(C)(C)OC(=O)N1CC(COc2cc(-c3ccc(O)cc3)cc3c2c(C(N)=O)nn3COCC[Si](C)(C)C)C1. The van der Waals surface area contributed by atoms with Gasteiger partial charge in [-0.1, -0.05) is 31.8 Å². The molecule has 40 heavy (non-hydrogen) atoms. The summed E-state index contributed by atoms with van der Waals surface area (Å²) in [6.45, 7) is 14.5. The molecule has 0 bridgehead atoms. The first-order valence-electron chi connectivity index (χ1n) is 13.5. The number of ether oxygens (including phenoxy) is 3. The number of likely N-dealkylation sites (tertiary alicyclic amines) is 1. The Hall–Kier alpha value is -3.57. The maximum Gasteiger partial charge on any atom is 0.410 e. The molecule has 2 heterocycles. The topological polar surface area (TPSA) is 129 Å². The maximum atomic E-state index is 12.4. The zero-order chi connectivity index (χ0) is 29.2. The highest BCUT2D eigenvalue weighted by Crippen LogP contribution is 2.36. The molecule has 1 fully saturated rings. The van der Waals surface area contributed by atoms with Crippen molar-refractivity contribution in [2.24, 2.45) is 11.7 Å². The van der Waals surface area contributed by atoms with Crippen LogP contribution in [0.1, 0.15) is 31.3 Å². The van der Waals surface area contributed by atoms with E-state index < -0.39 is 19.6 Å². The largest absolute Gasteiger partial charge is 0.508 e. The number of rotatable bonds is 10. The molecule has 11 heteroatoms. The fourth-order valence-corrected chi connectivity index (χ4v) is 5.12. The van der Waals surface area contributed by atoms with Crippen LogP contribution in [0, 0.1) is 5.92 Å². The Balaban J connectivity index is 1.61. The van der Waals surface area contributed by atoms with Gasteiger partial charge in [0.05, 0.1) is 17.5 Å². The predicted molar refractivity (Wildman–Crippen MR) is 156 cm³/mol. The second-order valence-corrected chi connectivity index (χ2v) is 18.2. The van der Waals surface area contributed by atoms with Gasteiger partial charge >= 0.3 is 6.09 Å². The fraction of sp³-hybridized carbons (Fsp3) is 0.483. The maximum absolute atomic E-state index is 12.4. The normalized spacial score (nSPS) is 14.3. The van der Waals surface area contributed by atoms with E-state index in [1.165, 1.54) is 0 Å². The Morgan fingerprint density at radius 3 is 2.38 bits per heavy atom. The van der Waals surface area contributed by atoms with Crippen molar-refractivity contribution >= 4 is 31.0 Å². The minimum atomic E-state index is -1.27. The molecule has 2 aromatic carbocycles. The van der Waals surface area contributed by atoms with E-state index in [1.54, 1.807) is 21.7 Å². The van der Waals surface area contributed by atoms with Gasteiger partial charge in [0.2, 0.25) is 0 Å². The van der Waals surface area contributed by atoms with Crippen LogP contribution in [0.4, 0.5) is 4.79 Å². The van der Waals surface area contributed by atoms with Crippen molar-refractivity contribution in [3.63, 3.8) is 0 Å². The lowest BCUT2D eigenvalue weighted by Gasteiger charge is -2.39. The van der Waals surface area contributed by atoms with E-state index in [0.717, 1.165) is 17.2 Å². The number of aromatic hydroxyl groups is 1. The number of benzene rings is 2. The van der Waals surface area contributed by atoms with Crippen LogP contribution in [0.2, 0.25) is 25.7 Å². The minimum absolute atomic E-state index is 0.108. The Morgan fingerprint density at radius 2 is 1.77 bits per heavy atom. The van der Waals surface area contributed by atoms with Crippen LogP contribution in [-0.2, 0) is 16.2 Å². The van der Waals surface area contributed by atoms with Crippen molar-refractivity contribution in [1.82, 2.24) is 14.7 Å². The van der Waals surface area contributed by atoms with E-state index in [0.29, 0.717) is 43.0 Å².